The molecule has 1 aromatic carbocycles. The van der Waals surface area contributed by atoms with E-state index in [1.807, 2.05) is 13.8 Å². The Labute approximate surface area is 149 Å². The molecule has 1 fully saturated rings. The lowest BCUT2D eigenvalue weighted by Gasteiger charge is -2.24. The van der Waals surface area contributed by atoms with Crippen molar-refractivity contribution < 1.29 is 19.5 Å². The number of benzene rings is 1. The van der Waals surface area contributed by atoms with Gasteiger partial charge < -0.3 is 5.11 Å². The summed E-state index contributed by atoms with van der Waals surface area (Å²) in [7, 11) is 0. The Hall–Kier alpha value is -1.99. The molecule has 0 bridgehead atoms. The minimum atomic E-state index is -1.06. The third-order valence-corrected chi connectivity index (χ3v) is 4.82. The molecule has 1 aliphatic rings. The first kappa shape index (κ1) is 18.4. The Morgan fingerprint density at radius 1 is 1.29 bits per heavy atom. The fourth-order valence-electron chi connectivity index (χ4n) is 2.33. The minimum absolute atomic E-state index is 0.121. The molecule has 24 heavy (non-hydrogen) atoms. The predicted molar refractivity (Wildman–Crippen MR) is 97.7 cm³/mol. The van der Waals surface area contributed by atoms with Gasteiger partial charge >= 0.3 is 5.97 Å². The second-order valence-electron chi connectivity index (χ2n) is 5.82. The van der Waals surface area contributed by atoms with Gasteiger partial charge in [-0.1, -0.05) is 62.1 Å². The fraction of sp³-hybridized carbons (Fsp3) is 0.294. The molecule has 5 nitrogen and oxygen atoms in total. The zero-order valence-corrected chi connectivity index (χ0v) is 14.9. The van der Waals surface area contributed by atoms with Crippen LogP contribution in [0.2, 0.25) is 0 Å². The van der Waals surface area contributed by atoms with Crippen molar-refractivity contribution >= 4 is 52.5 Å². The molecule has 7 heteroatoms. The van der Waals surface area contributed by atoms with Crippen LogP contribution in [0.15, 0.2) is 29.2 Å². The third kappa shape index (κ3) is 4.10. The smallest absolute Gasteiger partial charge is 0.326 e. The van der Waals surface area contributed by atoms with Crippen LogP contribution in [0.25, 0.3) is 6.08 Å². The number of carboxylic acid groups (broad SMARTS) is 1. The first-order valence-electron chi connectivity index (χ1n) is 7.38. The van der Waals surface area contributed by atoms with Gasteiger partial charge in [0.05, 0.1) is 4.91 Å². The maximum Gasteiger partial charge on any atom is 0.326 e. The highest BCUT2D eigenvalue weighted by molar-refractivity contribution is 8.26. The van der Waals surface area contributed by atoms with E-state index in [0.717, 1.165) is 23.6 Å². The molecular formula is C17H17NO4S2. The fourth-order valence-corrected chi connectivity index (χ4v) is 3.69. The molecule has 1 saturated heterocycles. The van der Waals surface area contributed by atoms with Crippen LogP contribution in [-0.2, 0) is 9.59 Å². The van der Waals surface area contributed by atoms with Crippen molar-refractivity contribution in [3.63, 3.8) is 0 Å². The van der Waals surface area contributed by atoms with E-state index in [2.05, 4.69) is 0 Å². The lowest BCUT2D eigenvalue weighted by atomic mass is 10.0. The molecule has 1 N–H and O–H groups in total. The Balaban J connectivity index is 2.27. The van der Waals surface area contributed by atoms with Gasteiger partial charge in [-0.05, 0) is 24.0 Å². The summed E-state index contributed by atoms with van der Waals surface area (Å²) in [6.07, 6.45) is 2.73. The number of hydrogen-bond donors (Lipinski definition) is 1. The summed E-state index contributed by atoms with van der Waals surface area (Å²) in [5, 5.41) is 9.44. The van der Waals surface area contributed by atoms with Gasteiger partial charge in [0.2, 0.25) is 0 Å². The molecular weight excluding hydrogens is 346 g/mol. The summed E-state index contributed by atoms with van der Waals surface area (Å²) in [6.45, 7) is 3.80. The van der Waals surface area contributed by atoms with E-state index in [9.17, 15) is 19.5 Å². The number of thioether (sulfide) groups is 1. The predicted octanol–water partition coefficient (Wildman–Crippen LogP) is 3.20. The van der Waals surface area contributed by atoms with Crippen molar-refractivity contribution in [3.05, 3.63) is 40.3 Å². The van der Waals surface area contributed by atoms with E-state index in [4.69, 9.17) is 12.2 Å². The van der Waals surface area contributed by atoms with Crippen LogP contribution < -0.4 is 0 Å². The second-order valence-corrected chi connectivity index (χ2v) is 7.50. The highest BCUT2D eigenvalue weighted by Crippen LogP contribution is 2.35. The topological polar surface area (TPSA) is 74.7 Å². The highest BCUT2D eigenvalue weighted by atomic mass is 32.2. The van der Waals surface area contributed by atoms with Crippen LogP contribution in [0.3, 0.4) is 0 Å². The van der Waals surface area contributed by atoms with Crippen LogP contribution in [0.4, 0.5) is 0 Å². The Bertz CT molecular complexity index is 710. The van der Waals surface area contributed by atoms with E-state index in [-0.39, 0.29) is 10.2 Å². The molecule has 0 spiro atoms. The number of rotatable bonds is 6. The summed E-state index contributed by atoms with van der Waals surface area (Å²) in [6, 6.07) is 5.79. The van der Waals surface area contributed by atoms with Crippen molar-refractivity contribution in [2.24, 2.45) is 5.92 Å². The number of carboxylic acids is 1. The number of carbonyl (C=O) groups is 3. The zero-order valence-electron chi connectivity index (χ0n) is 13.3. The second kappa shape index (κ2) is 7.72. The lowest BCUT2D eigenvalue weighted by molar-refractivity contribution is -0.145. The molecule has 0 unspecified atom stereocenters. The minimum Gasteiger partial charge on any atom is -0.480 e. The normalized spacial score (nSPS) is 17.6. The number of carbonyl (C=O) groups excluding carboxylic acids is 2. The van der Waals surface area contributed by atoms with Crippen LogP contribution in [0, 0.1) is 5.92 Å². The van der Waals surface area contributed by atoms with E-state index in [0.29, 0.717) is 16.9 Å². The molecule has 1 aromatic rings. The van der Waals surface area contributed by atoms with Gasteiger partial charge in [0.25, 0.3) is 5.91 Å². The number of hydrogen-bond acceptors (Lipinski definition) is 5. The van der Waals surface area contributed by atoms with Crippen LogP contribution in [0.5, 0.6) is 0 Å². The highest BCUT2D eigenvalue weighted by Gasteiger charge is 2.40. The quantitative estimate of drug-likeness (QED) is 0.475. The third-order valence-electron chi connectivity index (χ3n) is 3.49. The summed E-state index contributed by atoms with van der Waals surface area (Å²) in [5.41, 5.74) is 1.29. The average Bonchev–Trinajstić information content (AvgIpc) is 2.79. The standard InChI is InChI=1S/C17H17NO4S2/c1-10(2)7-13(16(21)22)18-15(20)14(24-17(18)23)8-11-3-5-12(9-19)6-4-11/h3-6,8-10,13H,7H2,1-2H3,(H,21,22)/b14-8-/t13-/m0/s1. The summed E-state index contributed by atoms with van der Waals surface area (Å²) >= 11 is 6.31. The molecule has 0 aliphatic carbocycles. The van der Waals surface area contributed by atoms with Crippen molar-refractivity contribution in [2.45, 2.75) is 26.3 Å². The number of nitrogens with zero attached hydrogens (tertiary/aromatic N) is 1. The molecule has 1 heterocycles. The van der Waals surface area contributed by atoms with Gasteiger partial charge in [0, 0.05) is 5.56 Å². The Morgan fingerprint density at radius 2 is 1.88 bits per heavy atom. The molecule has 1 atom stereocenters. The number of thiocarbonyl (C=S) groups is 1. The SMILES string of the molecule is CC(C)C[C@@H](C(=O)O)N1C(=O)/C(=C/c2ccc(C=O)cc2)SC1=S. The molecule has 126 valence electrons. The first-order valence-corrected chi connectivity index (χ1v) is 8.61. The van der Waals surface area contributed by atoms with E-state index < -0.39 is 17.9 Å². The summed E-state index contributed by atoms with van der Waals surface area (Å²) in [5.74, 6) is -1.33. The maximum atomic E-state index is 12.6. The van der Waals surface area contributed by atoms with Gasteiger partial charge in [0.1, 0.15) is 16.6 Å². The number of amides is 1. The molecule has 0 saturated carbocycles. The molecule has 0 aromatic heterocycles. The van der Waals surface area contributed by atoms with E-state index in [1.54, 1.807) is 30.3 Å². The first-order chi connectivity index (χ1) is 11.3. The van der Waals surface area contributed by atoms with Crippen molar-refractivity contribution in [1.29, 1.82) is 0 Å². The average molecular weight is 363 g/mol. The molecule has 0 radical (unpaired) electrons. The van der Waals surface area contributed by atoms with Gasteiger partial charge in [0.15, 0.2) is 0 Å². The van der Waals surface area contributed by atoms with Crippen LogP contribution >= 0.6 is 24.0 Å². The van der Waals surface area contributed by atoms with Crippen LogP contribution in [-0.4, -0.2) is 38.5 Å². The van der Waals surface area contributed by atoms with E-state index in [1.165, 1.54) is 4.90 Å². The van der Waals surface area contributed by atoms with Gasteiger partial charge in [-0.3, -0.25) is 14.5 Å². The summed E-state index contributed by atoms with van der Waals surface area (Å²) in [4.78, 5) is 36.4. The van der Waals surface area contributed by atoms with Gasteiger partial charge in [-0.15, -0.1) is 0 Å². The summed E-state index contributed by atoms with van der Waals surface area (Å²) < 4.78 is 0.254. The maximum absolute atomic E-state index is 12.6. The van der Waals surface area contributed by atoms with Crippen molar-refractivity contribution in [2.75, 3.05) is 0 Å². The molecule has 1 amide bonds. The lowest BCUT2D eigenvalue weighted by Crippen LogP contribution is -2.44. The monoisotopic (exact) mass is 363 g/mol. The van der Waals surface area contributed by atoms with Crippen molar-refractivity contribution in [1.82, 2.24) is 4.90 Å². The molecule has 1 aliphatic heterocycles. The molecule has 2 rings (SSSR count). The number of aliphatic carboxylic acids is 1. The van der Waals surface area contributed by atoms with Crippen LogP contribution in [0.1, 0.15) is 36.2 Å². The van der Waals surface area contributed by atoms with E-state index >= 15 is 0 Å². The van der Waals surface area contributed by atoms with Gasteiger partial charge in [-0.25, -0.2) is 4.79 Å². The van der Waals surface area contributed by atoms with Crippen molar-refractivity contribution in [3.8, 4) is 0 Å². The Morgan fingerprint density at radius 3 is 2.38 bits per heavy atom. The zero-order chi connectivity index (χ0) is 17.9. The number of aldehydes is 1. The van der Waals surface area contributed by atoms with Gasteiger partial charge in [-0.2, -0.15) is 0 Å². The largest absolute Gasteiger partial charge is 0.480 e. The Kier molecular flexibility index (Phi) is 5.90.